The van der Waals surface area contributed by atoms with Crippen LogP contribution in [0.25, 0.3) is 11.1 Å². The van der Waals surface area contributed by atoms with E-state index in [-0.39, 0.29) is 64.7 Å². The molecule has 1 saturated heterocycles. The van der Waals surface area contributed by atoms with E-state index in [4.69, 9.17) is 21.1 Å². The Morgan fingerprint density at radius 2 is 1.97 bits per heavy atom. The number of halogens is 3. The molecule has 0 radical (unpaired) electrons. The summed E-state index contributed by atoms with van der Waals surface area (Å²) in [4.78, 5) is 13.0. The lowest BCUT2D eigenvalue weighted by molar-refractivity contribution is 0.0352. The molecule has 1 fully saturated rings. The van der Waals surface area contributed by atoms with Gasteiger partial charge in [-0.2, -0.15) is 0 Å². The molecule has 0 aliphatic carbocycles. The minimum Gasteiger partial charge on any atom is -0.488 e. The minimum absolute atomic E-state index is 0.0680. The molecule has 3 aromatic rings. The van der Waals surface area contributed by atoms with E-state index < -0.39 is 17.2 Å². The summed E-state index contributed by atoms with van der Waals surface area (Å²) in [5.74, 6) is -1.80. The van der Waals surface area contributed by atoms with Crippen molar-refractivity contribution in [2.45, 2.75) is 50.7 Å². The van der Waals surface area contributed by atoms with Gasteiger partial charge in [-0.1, -0.05) is 55.3 Å². The Morgan fingerprint density at radius 1 is 1.18 bits per heavy atom. The van der Waals surface area contributed by atoms with Crippen molar-refractivity contribution in [3.63, 3.8) is 0 Å². The quantitative estimate of drug-likeness (QED) is 0.331. The third kappa shape index (κ3) is 4.57. The lowest BCUT2D eigenvalue weighted by Crippen LogP contribution is -2.53. The molecule has 3 aromatic carbocycles. The second kappa shape index (κ2) is 11.0. The van der Waals surface area contributed by atoms with Gasteiger partial charge in [-0.15, -0.1) is 0 Å². The van der Waals surface area contributed by atoms with Gasteiger partial charge in [-0.25, -0.2) is 8.78 Å². The molecule has 2 atom stereocenters. The van der Waals surface area contributed by atoms with Crippen molar-refractivity contribution in [2.75, 3.05) is 19.8 Å². The second-order valence-corrected chi connectivity index (χ2v) is 10.1. The number of nitrogens with one attached hydrogen (secondary N) is 1. The van der Waals surface area contributed by atoms with Crippen molar-refractivity contribution in [1.82, 2.24) is 5.32 Å². The maximum absolute atomic E-state index is 16.1. The minimum atomic E-state index is -0.869. The van der Waals surface area contributed by atoms with Crippen LogP contribution in [0.4, 0.5) is 8.78 Å². The van der Waals surface area contributed by atoms with Crippen LogP contribution in [0.3, 0.4) is 0 Å². The van der Waals surface area contributed by atoms with Gasteiger partial charge >= 0.3 is 0 Å². The first-order valence-electron chi connectivity index (χ1n) is 13.0. The highest BCUT2D eigenvalue weighted by atomic mass is 35.5. The van der Waals surface area contributed by atoms with E-state index in [0.29, 0.717) is 12.0 Å². The zero-order valence-electron chi connectivity index (χ0n) is 21.2. The Kier molecular flexibility index (Phi) is 7.70. The van der Waals surface area contributed by atoms with Gasteiger partial charge < -0.3 is 19.9 Å². The maximum Gasteiger partial charge on any atom is 0.173 e. The van der Waals surface area contributed by atoms with E-state index in [0.717, 1.165) is 31.4 Å². The monoisotopic (exact) mass is 541 g/mol. The first-order chi connectivity index (χ1) is 18.4. The summed E-state index contributed by atoms with van der Waals surface area (Å²) >= 11 is 6.58. The van der Waals surface area contributed by atoms with Crippen LogP contribution in [0.5, 0.6) is 11.5 Å². The predicted octanol–water partition coefficient (Wildman–Crippen LogP) is 6.22. The number of rotatable bonds is 8. The van der Waals surface area contributed by atoms with E-state index in [2.05, 4.69) is 5.32 Å². The van der Waals surface area contributed by atoms with E-state index in [9.17, 15) is 9.90 Å². The summed E-state index contributed by atoms with van der Waals surface area (Å²) in [5.41, 5.74) is 0.659. The normalized spacial score (nSPS) is 20.6. The first-order valence-corrected chi connectivity index (χ1v) is 13.4. The highest BCUT2D eigenvalue weighted by molar-refractivity contribution is 6.34. The zero-order valence-corrected chi connectivity index (χ0v) is 21.9. The highest BCUT2D eigenvalue weighted by Gasteiger charge is 2.49. The molecule has 2 N–H and O–H groups in total. The summed E-state index contributed by atoms with van der Waals surface area (Å²) < 4.78 is 43.5. The number of aliphatic hydroxyl groups is 1. The van der Waals surface area contributed by atoms with Crippen LogP contribution in [0.2, 0.25) is 5.02 Å². The summed E-state index contributed by atoms with van der Waals surface area (Å²) in [7, 11) is 0. The third-order valence-electron chi connectivity index (χ3n) is 7.48. The number of Topliss-reactive ketones (excluding diaryl/α,β-unsaturated/α-hetero) is 1. The van der Waals surface area contributed by atoms with Crippen LogP contribution in [-0.2, 0) is 12.0 Å². The van der Waals surface area contributed by atoms with Crippen molar-refractivity contribution >= 4 is 17.4 Å². The number of carbonyl (C=O) groups excluding carboxylic acids is 1. The molecule has 0 saturated carbocycles. The number of aliphatic hydroxyl groups excluding tert-OH is 1. The standard InChI is InChI=1S/C30H30ClF2NO4/c1-2-22(36)19-11-12-23(37-15-14-35)29(33)27(19)26-20-17-30(18-8-4-3-5-9-18,25-10-6-7-13-34-25)38-24(20)16-21(32)28(26)31/h3-5,8-9,11-12,16,25,34-35H,2,6-7,10,13-15,17H2,1H3/t25-,30-/m0/s1. The van der Waals surface area contributed by atoms with Gasteiger partial charge in [0.1, 0.15) is 18.2 Å². The fraction of sp³-hybridized carbons (Fsp3) is 0.367. The maximum atomic E-state index is 16.1. The van der Waals surface area contributed by atoms with Gasteiger partial charge in [-0.05, 0) is 37.1 Å². The van der Waals surface area contributed by atoms with Crippen molar-refractivity contribution < 1.29 is 28.2 Å². The van der Waals surface area contributed by atoms with Gasteiger partial charge in [-0.3, -0.25) is 4.79 Å². The fourth-order valence-corrected chi connectivity index (χ4v) is 5.94. The summed E-state index contributed by atoms with van der Waals surface area (Å²) in [6.45, 7) is 2.05. The predicted molar refractivity (Wildman–Crippen MR) is 142 cm³/mol. The largest absolute Gasteiger partial charge is 0.488 e. The van der Waals surface area contributed by atoms with Gasteiger partial charge in [0.25, 0.3) is 0 Å². The molecule has 0 unspecified atom stereocenters. The summed E-state index contributed by atoms with van der Waals surface area (Å²) in [5, 5.41) is 12.5. The summed E-state index contributed by atoms with van der Waals surface area (Å²) in [6.07, 6.45) is 3.35. The molecule has 0 spiro atoms. The highest BCUT2D eigenvalue weighted by Crippen LogP contribution is 2.52. The molecule has 0 aromatic heterocycles. The molecule has 2 heterocycles. The van der Waals surface area contributed by atoms with Gasteiger partial charge in [0.05, 0.1) is 17.7 Å². The van der Waals surface area contributed by atoms with E-state index in [1.807, 2.05) is 30.3 Å². The van der Waals surface area contributed by atoms with Gasteiger partial charge in [0.2, 0.25) is 0 Å². The molecule has 2 aliphatic rings. The molecule has 5 nitrogen and oxygen atoms in total. The second-order valence-electron chi connectivity index (χ2n) is 9.71. The Balaban J connectivity index is 1.74. The molecule has 200 valence electrons. The van der Waals surface area contributed by atoms with Crippen molar-refractivity contribution in [2.24, 2.45) is 0 Å². The van der Waals surface area contributed by atoms with Crippen LogP contribution in [-0.4, -0.2) is 36.7 Å². The molecule has 8 heteroatoms. The number of ether oxygens (including phenoxy) is 2. The van der Waals surface area contributed by atoms with Crippen molar-refractivity contribution in [3.8, 4) is 22.6 Å². The molecule has 0 amide bonds. The zero-order chi connectivity index (χ0) is 26.9. The number of carbonyl (C=O) groups is 1. The lowest BCUT2D eigenvalue weighted by Gasteiger charge is -2.40. The SMILES string of the molecule is CCC(=O)c1ccc(OCCO)c(F)c1-c1c(Cl)c(F)cc2c1C[C@](c1ccccc1)([C@@H]1CCCCN1)O2. The van der Waals surface area contributed by atoms with Gasteiger partial charge in [0, 0.05) is 41.2 Å². The van der Waals surface area contributed by atoms with Crippen LogP contribution in [0.15, 0.2) is 48.5 Å². The van der Waals surface area contributed by atoms with Crippen LogP contribution >= 0.6 is 11.6 Å². The average molecular weight is 542 g/mol. The van der Waals surface area contributed by atoms with E-state index >= 15 is 8.78 Å². The fourth-order valence-electron chi connectivity index (χ4n) is 5.68. The Labute approximate surface area is 225 Å². The number of hydrogen-bond donors (Lipinski definition) is 2. The molecule has 5 rings (SSSR count). The van der Waals surface area contributed by atoms with E-state index in [1.165, 1.54) is 18.2 Å². The molecular weight excluding hydrogens is 512 g/mol. The Morgan fingerprint density at radius 3 is 2.66 bits per heavy atom. The third-order valence-corrected chi connectivity index (χ3v) is 7.85. The number of benzene rings is 3. The van der Waals surface area contributed by atoms with Crippen molar-refractivity contribution in [1.29, 1.82) is 0 Å². The van der Waals surface area contributed by atoms with Crippen molar-refractivity contribution in [3.05, 3.63) is 81.9 Å². The number of piperidine rings is 1. The average Bonchev–Trinajstić information content (AvgIpc) is 3.34. The molecule has 0 bridgehead atoms. The van der Waals surface area contributed by atoms with Gasteiger partial charge in [0.15, 0.2) is 23.0 Å². The number of fused-ring (bicyclic) bond motifs is 1. The summed E-state index contributed by atoms with van der Waals surface area (Å²) in [6, 6.07) is 13.7. The molecular formula is C30H30ClF2NO4. The van der Waals surface area contributed by atoms with Crippen LogP contribution in [0, 0.1) is 11.6 Å². The number of ketones is 1. The Hall–Kier alpha value is -3.00. The number of hydrogen-bond acceptors (Lipinski definition) is 5. The van der Waals surface area contributed by atoms with Crippen LogP contribution in [0.1, 0.15) is 54.1 Å². The first kappa shape index (κ1) is 26.6. The van der Waals surface area contributed by atoms with E-state index in [1.54, 1.807) is 6.92 Å². The Bertz CT molecular complexity index is 1340. The lowest BCUT2D eigenvalue weighted by atomic mass is 9.78. The molecule has 38 heavy (non-hydrogen) atoms. The van der Waals surface area contributed by atoms with Crippen LogP contribution < -0.4 is 14.8 Å². The topological polar surface area (TPSA) is 67.8 Å². The molecule has 2 aliphatic heterocycles. The smallest absolute Gasteiger partial charge is 0.173 e.